The SMILES string of the molecule is CCNCC(C)(O)Cc1nccn1CC. The van der Waals surface area contributed by atoms with Gasteiger partial charge in [0.05, 0.1) is 5.60 Å². The molecule has 0 bridgehead atoms. The van der Waals surface area contributed by atoms with E-state index < -0.39 is 5.60 Å². The maximum Gasteiger partial charge on any atom is 0.111 e. The molecule has 0 amide bonds. The maximum atomic E-state index is 10.1. The minimum atomic E-state index is -0.728. The monoisotopic (exact) mass is 211 g/mol. The molecule has 0 fully saturated rings. The number of rotatable bonds is 6. The molecule has 1 atom stereocenters. The Kier molecular flexibility index (Phi) is 4.29. The van der Waals surface area contributed by atoms with Crippen molar-refractivity contribution in [1.82, 2.24) is 14.9 Å². The van der Waals surface area contributed by atoms with E-state index in [1.54, 1.807) is 6.20 Å². The van der Waals surface area contributed by atoms with Gasteiger partial charge >= 0.3 is 0 Å². The summed E-state index contributed by atoms with van der Waals surface area (Å²) in [5, 5.41) is 13.3. The van der Waals surface area contributed by atoms with Crippen LogP contribution in [0.25, 0.3) is 0 Å². The highest BCUT2D eigenvalue weighted by Gasteiger charge is 2.22. The molecular formula is C11H21N3O. The molecule has 1 unspecified atom stereocenters. The van der Waals surface area contributed by atoms with E-state index in [2.05, 4.69) is 21.8 Å². The molecule has 0 aliphatic rings. The summed E-state index contributed by atoms with van der Waals surface area (Å²) in [5.41, 5.74) is -0.728. The minimum absolute atomic E-state index is 0.584. The number of hydrogen-bond donors (Lipinski definition) is 2. The lowest BCUT2D eigenvalue weighted by atomic mass is 10.0. The van der Waals surface area contributed by atoms with Gasteiger partial charge in [-0.25, -0.2) is 4.98 Å². The number of nitrogens with zero attached hydrogens (tertiary/aromatic N) is 2. The number of aryl methyl sites for hydroxylation is 1. The fourth-order valence-corrected chi connectivity index (χ4v) is 1.59. The van der Waals surface area contributed by atoms with Crippen LogP contribution in [0.2, 0.25) is 0 Å². The summed E-state index contributed by atoms with van der Waals surface area (Å²) >= 11 is 0. The minimum Gasteiger partial charge on any atom is -0.388 e. The molecule has 0 aliphatic heterocycles. The van der Waals surface area contributed by atoms with E-state index in [-0.39, 0.29) is 0 Å². The Bertz CT molecular complexity index is 294. The van der Waals surface area contributed by atoms with E-state index in [9.17, 15) is 5.11 Å². The third kappa shape index (κ3) is 3.64. The Morgan fingerprint density at radius 2 is 2.27 bits per heavy atom. The molecule has 4 heteroatoms. The highest BCUT2D eigenvalue weighted by Crippen LogP contribution is 2.11. The molecule has 1 aromatic heterocycles. The molecule has 0 aliphatic carbocycles. The first-order chi connectivity index (χ1) is 7.09. The number of aliphatic hydroxyl groups is 1. The summed E-state index contributed by atoms with van der Waals surface area (Å²) in [4.78, 5) is 4.26. The van der Waals surface area contributed by atoms with E-state index in [0.29, 0.717) is 13.0 Å². The fraction of sp³-hybridized carbons (Fsp3) is 0.727. The van der Waals surface area contributed by atoms with Crippen LogP contribution in [0.4, 0.5) is 0 Å². The molecule has 0 spiro atoms. The van der Waals surface area contributed by atoms with Gasteiger partial charge in [-0.3, -0.25) is 0 Å². The summed E-state index contributed by atoms with van der Waals surface area (Å²) in [6.07, 6.45) is 4.31. The highest BCUT2D eigenvalue weighted by molar-refractivity contribution is 4.98. The van der Waals surface area contributed by atoms with Gasteiger partial charge in [-0.1, -0.05) is 6.92 Å². The smallest absolute Gasteiger partial charge is 0.111 e. The first-order valence-corrected chi connectivity index (χ1v) is 5.52. The third-order valence-corrected chi connectivity index (χ3v) is 2.44. The lowest BCUT2D eigenvalue weighted by Gasteiger charge is -2.23. The van der Waals surface area contributed by atoms with Gasteiger partial charge in [0.15, 0.2) is 0 Å². The topological polar surface area (TPSA) is 50.1 Å². The van der Waals surface area contributed by atoms with E-state index in [1.807, 2.05) is 20.0 Å². The van der Waals surface area contributed by atoms with Gasteiger partial charge in [0, 0.05) is 31.9 Å². The largest absolute Gasteiger partial charge is 0.388 e. The van der Waals surface area contributed by atoms with Crippen LogP contribution < -0.4 is 5.32 Å². The number of aromatic nitrogens is 2. The molecule has 86 valence electrons. The summed E-state index contributed by atoms with van der Waals surface area (Å²) in [7, 11) is 0. The molecule has 15 heavy (non-hydrogen) atoms. The second kappa shape index (κ2) is 5.28. The zero-order chi connectivity index (χ0) is 11.3. The first kappa shape index (κ1) is 12.2. The summed E-state index contributed by atoms with van der Waals surface area (Å²) in [6, 6.07) is 0. The van der Waals surface area contributed by atoms with Crippen LogP contribution in [0.1, 0.15) is 26.6 Å². The predicted octanol–water partition coefficient (Wildman–Crippen LogP) is 0.806. The van der Waals surface area contributed by atoms with Crippen molar-refractivity contribution < 1.29 is 5.11 Å². The van der Waals surface area contributed by atoms with E-state index in [4.69, 9.17) is 0 Å². The second-order valence-corrected chi connectivity index (χ2v) is 4.08. The molecule has 1 heterocycles. The molecule has 0 saturated carbocycles. The Balaban J connectivity index is 2.59. The van der Waals surface area contributed by atoms with Crippen molar-refractivity contribution in [3.05, 3.63) is 18.2 Å². The van der Waals surface area contributed by atoms with E-state index in [0.717, 1.165) is 18.9 Å². The molecule has 4 nitrogen and oxygen atoms in total. The molecule has 1 rings (SSSR count). The Hall–Kier alpha value is -0.870. The van der Waals surface area contributed by atoms with Crippen LogP contribution in [0.5, 0.6) is 0 Å². The van der Waals surface area contributed by atoms with Gasteiger partial charge in [0.2, 0.25) is 0 Å². The number of imidazole rings is 1. The zero-order valence-corrected chi connectivity index (χ0v) is 9.82. The van der Waals surface area contributed by atoms with Gasteiger partial charge in [-0.15, -0.1) is 0 Å². The summed E-state index contributed by atoms with van der Waals surface area (Å²) < 4.78 is 2.06. The normalized spacial score (nSPS) is 15.2. The fourth-order valence-electron chi connectivity index (χ4n) is 1.59. The van der Waals surface area contributed by atoms with Crippen molar-refractivity contribution in [2.45, 2.75) is 39.3 Å². The Labute approximate surface area is 91.3 Å². The number of hydrogen-bond acceptors (Lipinski definition) is 3. The summed E-state index contributed by atoms with van der Waals surface area (Å²) in [6.45, 7) is 8.31. The molecule has 1 aromatic rings. The first-order valence-electron chi connectivity index (χ1n) is 5.52. The number of nitrogens with one attached hydrogen (secondary N) is 1. The van der Waals surface area contributed by atoms with Crippen molar-refractivity contribution in [2.75, 3.05) is 13.1 Å². The van der Waals surface area contributed by atoms with Crippen LogP contribution in [-0.4, -0.2) is 33.3 Å². The average Bonchev–Trinajstić information content (AvgIpc) is 2.61. The number of likely N-dealkylation sites (N-methyl/N-ethyl adjacent to an activating group) is 1. The second-order valence-electron chi connectivity index (χ2n) is 4.08. The van der Waals surface area contributed by atoms with Crippen LogP contribution >= 0.6 is 0 Å². The molecule has 0 aromatic carbocycles. The van der Waals surface area contributed by atoms with E-state index in [1.165, 1.54) is 0 Å². The van der Waals surface area contributed by atoms with Gasteiger partial charge in [0.1, 0.15) is 5.82 Å². The van der Waals surface area contributed by atoms with Crippen molar-refractivity contribution in [3.63, 3.8) is 0 Å². The highest BCUT2D eigenvalue weighted by atomic mass is 16.3. The van der Waals surface area contributed by atoms with Crippen molar-refractivity contribution in [1.29, 1.82) is 0 Å². The van der Waals surface area contributed by atoms with Gasteiger partial charge < -0.3 is 15.0 Å². The zero-order valence-electron chi connectivity index (χ0n) is 9.82. The predicted molar refractivity (Wildman–Crippen MR) is 60.8 cm³/mol. The molecular weight excluding hydrogens is 190 g/mol. The van der Waals surface area contributed by atoms with Gasteiger partial charge in [0.25, 0.3) is 0 Å². The quantitative estimate of drug-likeness (QED) is 0.732. The molecule has 0 radical (unpaired) electrons. The van der Waals surface area contributed by atoms with Crippen LogP contribution in [0.3, 0.4) is 0 Å². The van der Waals surface area contributed by atoms with Crippen LogP contribution in [0, 0.1) is 0 Å². The van der Waals surface area contributed by atoms with Crippen LogP contribution in [-0.2, 0) is 13.0 Å². The lowest BCUT2D eigenvalue weighted by Crippen LogP contribution is -2.40. The molecule has 0 saturated heterocycles. The Morgan fingerprint density at radius 1 is 1.53 bits per heavy atom. The van der Waals surface area contributed by atoms with Crippen LogP contribution in [0.15, 0.2) is 12.4 Å². The van der Waals surface area contributed by atoms with Crippen molar-refractivity contribution in [3.8, 4) is 0 Å². The lowest BCUT2D eigenvalue weighted by molar-refractivity contribution is 0.0579. The van der Waals surface area contributed by atoms with Crippen molar-refractivity contribution in [2.24, 2.45) is 0 Å². The Morgan fingerprint density at radius 3 is 2.87 bits per heavy atom. The maximum absolute atomic E-state index is 10.1. The standard InChI is InChI=1S/C11H21N3O/c1-4-12-9-11(3,15)8-10-13-6-7-14(10)5-2/h6-7,12,15H,4-5,8-9H2,1-3H3. The third-order valence-electron chi connectivity index (χ3n) is 2.44. The molecule has 2 N–H and O–H groups in total. The van der Waals surface area contributed by atoms with Gasteiger partial charge in [-0.2, -0.15) is 0 Å². The van der Waals surface area contributed by atoms with Gasteiger partial charge in [-0.05, 0) is 20.4 Å². The summed E-state index contributed by atoms with van der Waals surface area (Å²) in [5.74, 6) is 0.945. The van der Waals surface area contributed by atoms with E-state index >= 15 is 0 Å². The average molecular weight is 211 g/mol. The van der Waals surface area contributed by atoms with Crippen molar-refractivity contribution >= 4 is 0 Å².